The number of sulfonamides is 1. The smallest absolute Gasteiger partial charge is 0.242 e. The molecule has 0 fully saturated rings. The molecule has 0 aliphatic rings. The van der Waals surface area contributed by atoms with E-state index in [1.807, 2.05) is 0 Å². The molecule has 0 aromatic heterocycles. The number of aliphatic carboxylic acids is 1. The number of aromatic carboxylic acids is 1. The number of carbonyl (C=O) groups is 3. The third-order valence-corrected chi connectivity index (χ3v) is 4.67. The highest BCUT2D eigenvalue weighted by Crippen LogP contribution is 2.23. The van der Waals surface area contributed by atoms with Gasteiger partial charge in [-0.3, -0.25) is 4.79 Å². The fourth-order valence-electron chi connectivity index (χ4n) is 1.60. The molecule has 0 radical (unpaired) electrons. The fourth-order valence-corrected chi connectivity index (χ4v) is 3.34. The minimum Gasteiger partial charge on any atom is -0.548 e. The number of carboxylic acids is 2. The van der Waals surface area contributed by atoms with Gasteiger partial charge in [-0.1, -0.05) is 17.7 Å². The monoisotopic (exact) mass is 362 g/mol. The molecule has 1 rings (SSSR count). The van der Waals surface area contributed by atoms with E-state index in [1.165, 1.54) is 0 Å². The van der Waals surface area contributed by atoms with E-state index in [2.05, 4.69) is 0 Å². The molecule has 0 saturated carbocycles. The zero-order valence-electron chi connectivity index (χ0n) is 11.4. The lowest BCUT2D eigenvalue weighted by Crippen LogP contribution is -2.48. The molecular formula is C12H11ClN2O7S-2. The Morgan fingerprint density at radius 1 is 1.26 bits per heavy atom. The van der Waals surface area contributed by atoms with Crippen LogP contribution in [0.5, 0.6) is 0 Å². The Hall–Kier alpha value is -2.17. The summed E-state index contributed by atoms with van der Waals surface area (Å²) in [7, 11) is -4.49. The van der Waals surface area contributed by atoms with Crippen LogP contribution in [0.15, 0.2) is 23.1 Å². The number of hydrogen-bond acceptors (Lipinski definition) is 7. The number of benzene rings is 1. The maximum absolute atomic E-state index is 12.2. The van der Waals surface area contributed by atoms with Gasteiger partial charge in [-0.05, 0) is 24.1 Å². The van der Waals surface area contributed by atoms with Crippen LogP contribution < -0.4 is 20.7 Å². The number of carboxylic acid groups (broad SMARTS) is 2. The van der Waals surface area contributed by atoms with Crippen molar-refractivity contribution < 1.29 is 33.0 Å². The summed E-state index contributed by atoms with van der Waals surface area (Å²) in [6.45, 7) is 0. The number of rotatable bonds is 8. The van der Waals surface area contributed by atoms with Gasteiger partial charge in [0.25, 0.3) is 0 Å². The van der Waals surface area contributed by atoms with Crippen LogP contribution in [0, 0.1) is 0 Å². The van der Waals surface area contributed by atoms with Crippen molar-refractivity contribution in [3.63, 3.8) is 0 Å². The van der Waals surface area contributed by atoms with Crippen LogP contribution in [0.2, 0.25) is 5.02 Å². The Kier molecular flexibility index (Phi) is 6.07. The zero-order chi connectivity index (χ0) is 17.8. The Balaban J connectivity index is 3.14. The third-order valence-electron chi connectivity index (χ3n) is 2.72. The van der Waals surface area contributed by atoms with Gasteiger partial charge >= 0.3 is 0 Å². The van der Waals surface area contributed by atoms with Crippen LogP contribution in [0.25, 0.3) is 0 Å². The van der Waals surface area contributed by atoms with Gasteiger partial charge in [-0.2, -0.15) is 0 Å². The minimum atomic E-state index is -4.49. The Morgan fingerprint density at radius 3 is 2.35 bits per heavy atom. The molecule has 0 aliphatic heterocycles. The maximum Gasteiger partial charge on any atom is 0.242 e. The first-order valence-corrected chi connectivity index (χ1v) is 7.93. The van der Waals surface area contributed by atoms with Gasteiger partial charge in [-0.15, -0.1) is 0 Å². The largest absolute Gasteiger partial charge is 0.548 e. The van der Waals surface area contributed by atoms with E-state index in [-0.39, 0.29) is 5.02 Å². The van der Waals surface area contributed by atoms with E-state index in [9.17, 15) is 33.0 Å². The van der Waals surface area contributed by atoms with E-state index in [0.717, 1.165) is 18.2 Å². The number of amides is 1. The molecule has 0 unspecified atom stereocenters. The summed E-state index contributed by atoms with van der Waals surface area (Å²) in [5, 5.41) is 21.4. The van der Waals surface area contributed by atoms with Crippen molar-refractivity contribution >= 4 is 39.5 Å². The van der Waals surface area contributed by atoms with Crippen molar-refractivity contribution in [3.8, 4) is 0 Å². The molecule has 1 amide bonds. The number of nitrogens with two attached hydrogens (primary N) is 1. The minimum absolute atomic E-state index is 0.325. The summed E-state index contributed by atoms with van der Waals surface area (Å²) >= 11 is 5.71. The van der Waals surface area contributed by atoms with Gasteiger partial charge in [0.1, 0.15) is 4.90 Å². The lowest BCUT2D eigenvalue weighted by atomic mass is 10.2. The van der Waals surface area contributed by atoms with Gasteiger partial charge in [0.05, 0.1) is 23.0 Å². The lowest BCUT2D eigenvalue weighted by molar-refractivity contribution is -0.308. The van der Waals surface area contributed by atoms with Gasteiger partial charge in [0.2, 0.25) is 15.9 Å². The van der Waals surface area contributed by atoms with Crippen molar-refractivity contribution in [1.82, 2.24) is 4.72 Å². The molecule has 0 saturated heterocycles. The van der Waals surface area contributed by atoms with Crippen LogP contribution in [-0.4, -0.2) is 32.3 Å². The summed E-state index contributed by atoms with van der Waals surface area (Å²) in [6.07, 6.45) is -0.831. The van der Waals surface area contributed by atoms with Crippen LogP contribution in [0.3, 0.4) is 0 Å². The SMILES string of the molecule is NC(=O)CC[C@H](NS(=O)(=O)c1cc(C(=O)[O-])ccc1Cl)C(=O)[O-]. The molecule has 11 heteroatoms. The Labute approximate surface area is 136 Å². The van der Waals surface area contributed by atoms with Gasteiger partial charge in [0.15, 0.2) is 0 Å². The van der Waals surface area contributed by atoms with Crippen molar-refractivity contribution in [2.75, 3.05) is 0 Å². The molecule has 3 N–H and O–H groups in total. The molecule has 23 heavy (non-hydrogen) atoms. The average molecular weight is 363 g/mol. The van der Waals surface area contributed by atoms with E-state index in [4.69, 9.17) is 17.3 Å². The number of halogens is 1. The number of hydrogen-bond donors (Lipinski definition) is 2. The summed E-state index contributed by atoms with van der Waals surface area (Å²) < 4.78 is 26.1. The highest BCUT2D eigenvalue weighted by molar-refractivity contribution is 7.89. The van der Waals surface area contributed by atoms with Gasteiger partial charge < -0.3 is 25.5 Å². The molecule has 1 atom stereocenters. The summed E-state index contributed by atoms with van der Waals surface area (Å²) in [5.74, 6) is -4.24. The molecule has 0 spiro atoms. The lowest BCUT2D eigenvalue weighted by Gasteiger charge is -2.20. The van der Waals surface area contributed by atoms with Crippen LogP contribution in [-0.2, 0) is 19.6 Å². The summed E-state index contributed by atoms with van der Waals surface area (Å²) in [4.78, 5) is 31.8. The first kappa shape index (κ1) is 18.9. The van der Waals surface area contributed by atoms with Crippen molar-refractivity contribution in [3.05, 3.63) is 28.8 Å². The van der Waals surface area contributed by atoms with Crippen molar-refractivity contribution in [1.29, 1.82) is 0 Å². The molecule has 9 nitrogen and oxygen atoms in total. The van der Waals surface area contributed by atoms with Crippen molar-refractivity contribution in [2.24, 2.45) is 5.73 Å². The molecule has 126 valence electrons. The normalized spacial score (nSPS) is 12.6. The Bertz CT molecular complexity index is 748. The predicted molar refractivity (Wildman–Crippen MR) is 73.3 cm³/mol. The number of nitrogens with one attached hydrogen (secondary N) is 1. The third kappa shape index (κ3) is 5.20. The molecule has 0 aliphatic carbocycles. The molecule has 0 heterocycles. The molecule has 0 bridgehead atoms. The molecular weight excluding hydrogens is 352 g/mol. The number of primary amides is 1. The van der Waals surface area contributed by atoms with Gasteiger partial charge in [0, 0.05) is 6.42 Å². The van der Waals surface area contributed by atoms with E-state index >= 15 is 0 Å². The summed E-state index contributed by atoms with van der Waals surface area (Å²) in [6, 6.07) is 1.02. The second-order valence-electron chi connectivity index (χ2n) is 4.43. The fraction of sp³-hybridized carbons (Fsp3) is 0.250. The average Bonchev–Trinajstić information content (AvgIpc) is 2.42. The topological polar surface area (TPSA) is 170 Å². The maximum atomic E-state index is 12.2. The van der Waals surface area contributed by atoms with E-state index in [0.29, 0.717) is 0 Å². The van der Waals surface area contributed by atoms with E-state index < -0.39 is 57.2 Å². The highest BCUT2D eigenvalue weighted by atomic mass is 35.5. The standard InChI is InChI=1S/C12H13ClN2O7S/c13-7-2-1-6(11(17)18)5-9(7)23(21,22)15-8(12(19)20)3-4-10(14)16/h1-2,5,8,15H,3-4H2,(H2,14,16)(H,17,18)(H,19,20)/p-2/t8-/m0/s1. The quantitative estimate of drug-likeness (QED) is 0.509. The van der Waals surface area contributed by atoms with Crippen LogP contribution in [0.4, 0.5) is 0 Å². The summed E-state index contributed by atoms with van der Waals surface area (Å²) in [5.41, 5.74) is 4.41. The number of carbonyl (C=O) groups excluding carboxylic acids is 3. The van der Waals surface area contributed by atoms with Gasteiger partial charge in [-0.25, -0.2) is 13.1 Å². The second kappa shape index (κ2) is 7.40. The Morgan fingerprint density at radius 2 is 1.87 bits per heavy atom. The highest BCUT2D eigenvalue weighted by Gasteiger charge is 2.24. The molecule has 1 aromatic rings. The second-order valence-corrected chi connectivity index (χ2v) is 6.52. The first-order valence-electron chi connectivity index (χ1n) is 6.07. The molecule has 1 aromatic carbocycles. The first-order chi connectivity index (χ1) is 10.5. The van der Waals surface area contributed by atoms with Crippen molar-refractivity contribution in [2.45, 2.75) is 23.8 Å². The zero-order valence-corrected chi connectivity index (χ0v) is 13.0. The van der Waals surface area contributed by atoms with E-state index in [1.54, 1.807) is 4.72 Å². The predicted octanol–water partition coefficient (Wildman–Crippen LogP) is -2.63. The van der Waals surface area contributed by atoms with Crippen LogP contribution >= 0.6 is 11.6 Å². The van der Waals surface area contributed by atoms with Crippen LogP contribution in [0.1, 0.15) is 23.2 Å².